The molecular weight excluding hydrogens is 299 g/mol. The average molecular weight is 310 g/mol. The van der Waals surface area contributed by atoms with Crippen LogP contribution >= 0.6 is 0 Å². The van der Waals surface area contributed by atoms with Crippen molar-refractivity contribution in [1.82, 2.24) is 0 Å². The van der Waals surface area contributed by atoms with E-state index in [2.05, 4.69) is 4.72 Å². The number of hydrogen-bond donors (Lipinski definition) is 1. The quantitative estimate of drug-likeness (QED) is 0.694. The second-order valence-corrected chi connectivity index (χ2v) is 5.92. The lowest BCUT2D eigenvalue weighted by atomic mass is 10.2. The molecule has 0 unspecified atom stereocenters. The third kappa shape index (κ3) is 3.16. The summed E-state index contributed by atoms with van der Waals surface area (Å²) in [5, 5.41) is 10.8. The number of rotatable bonds is 4. The zero-order valence-corrected chi connectivity index (χ0v) is 11.7. The van der Waals surface area contributed by atoms with Gasteiger partial charge in [-0.15, -0.1) is 0 Å². The summed E-state index contributed by atoms with van der Waals surface area (Å²) in [5.41, 5.74) is -0.232. The highest BCUT2D eigenvalue weighted by Gasteiger charge is 2.22. The molecule has 0 aliphatic carbocycles. The fourth-order valence-corrected chi connectivity index (χ4v) is 3.17. The van der Waals surface area contributed by atoms with E-state index in [1.165, 1.54) is 43.3 Å². The van der Waals surface area contributed by atoms with Crippen LogP contribution in [0.1, 0.15) is 5.56 Å². The number of nitrogens with zero attached hydrogens (tertiary/aromatic N) is 1. The van der Waals surface area contributed by atoms with E-state index in [1.807, 2.05) is 0 Å². The van der Waals surface area contributed by atoms with Crippen LogP contribution in [0.3, 0.4) is 0 Å². The fraction of sp³-hybridized carbons (Fsp3) is 0.0769. The van der Waals surface area contributed by atoms with Gasteiger partial charge in [-0.2, -0.15) is 0 Å². The molecule has 0 aromatic heterocycles. The highest BCUT2D eigenvalue weighted by Crippen LogP contribution is 2.26. The maximum atomic E-state index is 13.1. The molecule has 8 heteroatoms. The van der Waals surface area contributed by atoms with Crippen LogP contribution in [0.5, 0.6) is 0 Å². The number of anilines is 1. The van der Waals surface area contributed by atoms with E-state index in [1.54, 1.807) is 0 Å². The number of sulfonamides is 1. The Hall–Kier alpha value is -2.48. The van der Waals surface area contributed by atoms with E-state index in [0.29, 0.717) is 0 Å². The van der Waals surface area contributed by atoms with Gasteiger partial charge in [0, 0.05) is 11.6 Å². The summed E-state index contributed by atoms with van der Waals surface area (Å²) in [6, 6.07) is 8.69. The molecule has 0 amide bonds. The summed E-state index contributed by atoms with van der Waals surface area (Å²) in [5.74, 6) is -0.592. The molecule has 1 N–H and O–H groups in total. The Labute approximate surface area is 120 Å². The number of hydrogen-bond acceptors (Lipinski definition) is 4. The summed E-state index contributed by atoms with van der Waals surface area (Å²) >= 11 is 0. The minimum atomic E-state index is -4.04. The highest BCUT2D eigenvalue weighted by atomic mass is 32.2. The van der Waals surface area contributed by atoms with E-state index in [4.69, 9.17) is 0 Å². The van der Waals surface area contributed by atoms with Crippen molar-refractivity contribution < 1.29 is 17.7 Å². The van der Waals surface area contributed by atoms with Gasteiger partial charge in [-0.05, 0) is 31.2 Å². The van der Waals surface area contributed by atoms with Crippen molar-refractivity contribution in [3.8, 4) is 0 Å². The molecule has 0 aliphatic rings. The van der Waals surface area contributed by atoms with Crippen molar-refractivity contribution in [1.29, 1.82) is 0 Å². The van der Waals surface area contributed by atoms with Gasteiger partial charge in [-0.25, -0.2) is 12.8 Å². The van der Waals surface area contributed by atoms with Gasteiger partial charge in [0.05, 0.1) is 15.5 Å². The van der Waals surface area contributed by atoms with Crippen LogP contribution in [0, 0.1) is 22.9 Å². The molecule has 21 heavy (non-hydrogen) atoms. The van der Waals surface area contributed by atoms with E-state index >= 15 is 0 Å². The molecule has 0 fully saturated rings. The molecule has 0 saturated heterocycles. The fourth-order valence-electron chi connectivity index (χ4n) is 1.85. The predicted molar refractivity (Wildman–Crippen MR) is 75.0 cm³/mol. The Bertz CT molecular complexity index is 806. The first-order chi connectivity index (χ1) is 9.81. The van der Waals surface area contributed by atoms with Gasteiger partial charge in [0.25, 0.3) is 15.7 Å². The monoisotopic (exact) mass is 310 g/mol. The number of benzene rings is 2. The second-order valence-electron chi connectivity index (χ2n) is 4.27. The van der Waals surface area contributed by atoms with Gasteiger partial charge in [0.2, 0.25) is 0 Å². The van der Waals surface area contributed by atoms with Gasteiger partial charge in [0.1, 0.15) is 5.82 Å². The number of nitro groups is 1. The lowest BCUT2D eigenvalue weighted by Crippen LogP contribution is -2.15. The van der Waals surface area contributed by atoms with Crippen LogP contribution < -0.4 is 4.72 Å². The van der Waals surface area contributed by atoms with Crippen LogP contribution in [-0.4, -0.2) is 13.3 Å². The molecule has 0 atom stereocenters. The third-order valence-electron chi connectivity index (χ3n) is 2.82. The van der Waals surface area contributed by atoms with Crippen LogP contribution in [-0.2, 0) is 10.0 Å². The average Bonchev–Trinajstić information content (AvgIpc) is 2.37. The zero-order valence-electron chi connectivity index (χ0n) is 10.9. The van der Waals surface area contributed by atoms with Gasteiger partial charge in [-0.3, -0.25) is 14.8 Å². The first-order valence-electron chi connectivity index (χ1n) is 5.83. The molecule has 2 aromatic rings. The molecule has 2 aromatic carbocycles. The normalized spacial score (nSPS) is 11.1. The lowest BCUT2D eigenvalue weighted by Gasteiger charge is -2.10. The number of nitro benzene ring substituents is 1. The van der Waals surface area contributed by atoms with Crippen LogP contribution in [0.4, 0.5) is 15.8 Å². The smallest absolute Gasteiger partial charge is 0.273 e. The molecule has 0 aliphatic heterocycles. The third-order valence-corrected chi connectivity index (χ3v) is 4.34. The first-order valence-corrected chi connectivity index (χ1v) is 7.32. The molecule has 6 nitrogen and oxygen atoms in total. The van der Waals surface area contributed by atoms with E-state index < -0.39 is 20.8 Å². The Morgan fingerprint density at radius 3 is 2.48 bits per heavy atom. The molecule has 0 radical (unpaired) electrons. The minimum absolute atomic E-state index is 0.0198. The summed E-state index contributed by atoms with van der Waals surface area (Å²) in [6.45, 7) is 1.35. The zero-order chi connectivity index (χ0) is 15.6. The molecular formula is C13H11FN2O4S. The van der Waals surface area contributed by atoms with Crippen molar-refractivity contribution >= 4 is 21.4 Å². The van der Waals surface area contributed by atoms with Crippen molar-refractivity contribution in [2.75, 3.05) is 4.72 Å². The van der Waals surface area contributed by atoms with Crippen LogP contribution in [0.25, 0.3) is 0 Å². The van der Waals surface area contributed by atoms with E-state index in [9.17, 15) is 22.9 Å². The SMILES string of the molecule is Cc1c([N+](=O)[O-])cccc1S(=O)(=O)Nc1cccc(F)c1. The number of nitrogens with one attached hydrogen (secondary N) is 1. The molecule has 0 spiro atoms. The van der Waals surface area contributed by atoms with Crippen molar-refractivity contribution in [3.63, 3.8) is 0 Å². The summed E-state index contributed by atoms with van der Waals surface area (Å²) in [6.07, 6.45) is 0. The molecule has 0 saturated carbocycles. The van der Waals surface area contributed by atoms with Gasteiger partial charge >= 0.3 is 0 Å². The van der Waals surface area contributed by atoms with E-state index in [0.717, 1.165) is 6.07 Å². The largest absolute Gasteiger partial charge is 0.280 e. The van der Waals surface area contributed by atoms with Gasteiger partial charge in [0.15, 0.2) is 0 Å². The molecule has 110 valence electrons. The number of halogens is 1. The Kier molecular flexibility index (Phi) is 3.90. The lowest BCUT2D eigenvalue weighted by molar-refractivity contribution is -0.385. The van der Waals surface area contributed by atoms with Gasteiger partial charge < -0.3 is 0 Å². The summed E-state index contributed by atoms with van der Waals surface area (Å²) < 4.78 is 39.8. The Morgan fingerprint density at radius 1 is 1.19 bits per heavy atom. The summed E-state index contributed by atoms with van der Waals surface area (Å²) in [4.78, 5) is 9.97. The van der Waals surface area contributed by atoms with Gasteiger partial charge in [-0.1, -0.05) is 12.1 Å². The molecule has 0 heterocycles. The first kappa shape index (κ1) is 14.9. The molecule has 2 rings (SSSR count). The maximum Gasteiger partial charge on any atom is 0.273 e. The van der Waals surface area contributed by atoms with Crippen LogP contribution in [0.2, 0.25) is 0 Å². The Balaban J connectivity index is 2.45. The second kappa shape index (κ2) is 5.49. The highest BCUT2D eigenvalue weighted by molar-refractivity contribution is 7.92. The van der Waals surface area contributed by atoms with E-state index in [-0.39, 0.29) is 21.8 Å². The topological polar surface area (TPSA) is 89.3 Å². The minimum Gasteiger partial charge on any atom is -0.280 e. The van der Waals surface area contributed by atoms with Crippen molar-refractivity contribution in [3.05, 3.63) is 64.0 Å². The maximum absolute atomic E-state index is 13.1. The summed E-state index contributed by atoms with van der Waals surface area (Å²) in [7, 11) is -4.04. The van der Waals surface area contributed by atoms with Crippen molar-refractivity contribution in [2.45, 2.75) is 11.8 Å². The Morgan fingerprint density at radius 2 is 1.86 bits per heavy atom. The molecule has 0 bridgehead atoms. The van der Waals surface area contributed by atoms with Crippen LogP contribution in [0.15, 0.2) is 47.4 Å². The standard InChI is InChI=1S/C13H11FN2O4S/c1-9-12(16(17)18)6-3-7-13(9)21(19,20)15-11-5-2-4-10(14)8-11/h2-8,15H,1H3. The predicted octanol–water partition coefficient (Wildman–Crippen LogP) is 2.84. The van der Waals surface area contributed by atoms with Crippen molar-refractivity contribution in [2.24, 2.45) is 0 Å².